The maximum atomic E-state index is 11.7. The average molecular weight is 240 g/mol. The second kappa shape index (κ2) is 4.94. The second-order valence-electron chi connectivity index (χ2n) is 5.17. The molecule has 0 bridgehead atoms. The van der Waals surface area contributed by atoms with E-state index >= 15 is 0 Å². The first-order valence-electron chi connectivity index (χ1n) is 6.44. The first-order chi connectivity index (χ1) is 8.12. The van der Waals surface area contributed by atoms with E-state index in [1.165, 1.54) is 6.42 Å². The molecule has 3 N–H and O–H groups in total. The lowest BCUT2D eigenvalue weighted by Crippen LogP contribution is -2.62. The molecular formula is C12H20N2O3. The predicted octanol–water partition coefficient (Wildman–Crippen LogP) is 1.63. The van der Waals surface area contributed by atoms with Gasteiger partial charge in [0.2, 0.25) is 0 Å². The Hall–Kier alpha value is -1.26. The molecule has 0 aliphatic heterocycles. The summed E-state index contributed by atoms with van der Waals surface area (Å²) in [6.07, 6.45) is 7.50. The SMILES string of the molecule is O=C(NC1CCCCC1)NC1(C(=O)O)CCC1. The van der Waals surface area contributed by atoms with Crippen LogP contribution in [0.5, 0.6) is 0 Å². The molecule has 2 amide bonds. The number of nitrogens with one attached hydrogen (secondary N) is 2. The Labute approximate surface area is 101 Å². The Morgan fingerprint density at radius 2 is 1.71 bits per heavy atom. The highest BCUT2D eigenvalue weighted by atomic mass is 16.4. The molecule has 0 unspecified atom stereocenters. The maximum Gasteiger partial charge on any atom is 0.329 e. The molecule has 2 rings (SSSR count). The van der Waals surface area contributed by atoms with Crippen molar-refractivity contribution >= 4 is 12.0 Å². The number of aliphatic carboxylic acids is 1. The number of carboxylic acids is 1. The summed E-state index contributed by atoms with van der Waals surface area (Å²) in [5.41, 5.74) is -1.00. The molecule has 5 heteroatoms. The van der Waals surface area contributed by atoms with E-state index < -0.39 is 11.5 Å². The Kier molecular flexibility index (Phi) is 3.54. The van der Waals surface area contributed by atoms with Crippen molar-refractivity contribution in [2.45, 2.75) is 62.9 Å². The lowest BCUT2D eigenvalue weighted by molar-refractivity contribution is -0.148. The molecule has 0 atom stereocenters. The Morgan fingerprint density at radius 3 is 2.18 bits per heavy atom. The van der Waals surface area contributed by atoms with Gasteiger partial charge in [-0.05, 0) is 32.1 Å². The molecule has 96 valence electrons. The molecule has 0 heterocycles. The van der Waals surface area contributed by atoms with Crippen LogP contribution >= 0.6 is 0 Å². The molecule has 2 fully saturated rings. The van der Waals surface area contributed by atoms with E-state index in [0.29, 0.717) is 12.8 Å². The average Bonchev–Trinajstić information content (AvgIpc) is 2.24. The van der Waals surface area contributed by atoms with Gasteiger partial charge in [-0.1, -0.05) is 19.3 Å². The molecule has 0 aromatic carbocycles. The molecule has 0 saturated heterocycles. The van der Waals surface area contributed by atoms with Crippen LogP contribution in [0.25, 0.3) is 0 Å². The summed E-state index contributed by atoms with van der Waals surface area (Å²) in [5, 5.41) is 14.6. The fourth-order valence-corrected chi connectivity index (χ4v) is 2.61. The molecular weight excluding hydrogens is 220 g/mol. The number of carbonyl (C=O) groups excluding carboxylic acids is 1. The Bertz CT molecular complexity index is 307. The van der Waals surface area contributed by atoms with Gasteiger partial charge in [-0.3, -0.25) is 0 Å². The van der Waals surface area contributed by atoms with Crippen molar-refractivity contribution in [3.8, 4) is 0 Å². The van der Waals surface area contributed by atoms with Crippen molar-refractivity contribution in [1.82, 2.24) is 10.6 Å². The standard InChI is InChI=1S/C12H20N2O3/c15-10(16)12(7-4-8-12)14-11(17)13-9-5-2-1-3-6-9/h9H,1-8H2,(H,15,16)(H2,13,14,17). The highest BCUT2D eigenvalue weighted by Crippen LogP contribution is 2.32. The largest absolute Gasteiger partial charge is 0.480 e. The molecule has 2 aliphatic rings. The van der Waals surface area contributed by atoms with Crippen LogP contribution in [0.3, 0.4) is 0 Å². The van der Waals surface area contributed by atoms with Crippen LogP contribution in [0.1, 0.15) is 51.4 Å². The van der Waals surface area contributed by atoms with Gasteiger partial charge >= 0.3 is 12.0 Å². The fraction of sp³-hybridized carbons (Fsp3) is 0.833. The molecule has 2 aliphatic carbocycles. The number of urea groups is 1. The zero-order chi connectivity index (χ0) is 12.3. The zero-order valence-electron chi connectivity index (χ0n) is 10.00. The number of rotatable bonds is 3. The molecule has 0 aromatic rings. The van der Waals surface area contributed by atoms with Crippen LogP contribution in [0.2, 0.25) is 0 Å². The van der Waals surface area contributed by atoms with Gasteiger partial charge in [0.1, 0.15) is 5.54 Å². The van der Waals surface area contributed by atoms with Crippen molar-refractivity contribution in [2.75, 3.05) is 0 Å². The lowest BCUT2D eigenvalue weighted by atomic mass is 9.77. The molecule has 17 heavy (non-hydrogen) atoms. The van der Waals surface area contributed by atoms with Crippen molar-refractivity contribution < 1.29 is 14.7 Å². The zero-order valence-corrected chi connectivity index (χ0v) is 10.00. The minimum absolute atomic E-state index is 0.217. The first-order valence-corrected chi connectivity index (χ1v) is 6.44. The molecule has 5 nitrogen and oxygen atoms in total. The number of hydrogen-bond donors (Lipinski definition) is 3. The van der Waals surface area contributed by atoms with E-state index in [-0.39, 0.29) is 12.1 Å². The minimum Gasteiger partial charge on any atom is -0.480 e. The number of carboxylic acid groups (broad SMARTS) is 1. The first kappa shape index (κ1) is 12.2. The van der Waals surface area contributed by atoms with Gasteiger partial charge in [0.15, 0.2) is 0 Å². The summed E-state index contributed by atoms with van der Waals surface area (Å²) >= 11 is 0. The number of carbonyl (C=O) groups is 2. The predicted molar refractivity (Wildman–Crippen MR) is 62.8 cm³/mol. The van der Waals surface area contributed by atoms with Gasteiger partial charge in [0.25, 0.3) is 0 Å². The van der Waals surface area contributed by atoms with Crippen molar-refractivity contribution in [2.24, 2.45) is 0 Å². The summed E-state index contributed by atoms with van der Waals surface area (Å²) in [5.74, 6) is -0.914. The Balaban J connectivity index is 1.81. The quantitative estimate of drug-likeness (QED) is 0.701. The van der Waals surface area contributed by atoms with E-state index in [1.54, 1.807) is 0 Å². The maximum absolute atomic E-state index is 11.7. The van der Waals surface area contributed by atoms with Crippen LogP contribution in [0.4, 0.5) is 4.79 Å². The van der Waals surface area contributed by atoms with Crippen molar-refractivity contribution in [3.05, 3.63) is 0 Å². The second-order valence-corrected chi connectivity index (χ2v) is 5.17. The number of hydrogen-bond acceptors (Lipinski definition) is 2. The van der Waals surface area contributed by atoms with Gasteiger partial charge in [-0.15, -0.1) is 0 Å². The third-order valence-corrected chi connectivity index (χ3v) is 3.91. The van der Waals surface area contributed by atoms with Crippen LogP contribution in [-0.4, -0.2) is 28.7 Å². The van der Waals surface area contributed by atoms with E-state index in [9.17, 15) is 9.59 Å². The van der Waals surface area contributed by atoms with E-state index in [4.69, 9.17) is 5.11 Å². The van der Waals surface area contributed by atoms with Crippen molar-refractivity contribution in [3.63, 3.8) is 0 Å². The topological polar surface area (TPSA) is 78.4 Å². The smallest absolute Gasteiger partial charge is 0.329 e. The van der Waals surface area contributed by atoms with Crippen molar-refractivity contribution in [1.29, 1.82) is 0 Å². The molecule has 0 spiro atoms. The Morgan fingerprint density at radius 1 is 1.06 bits per heavy atom. The van der Waals surface area contributed by atoms with Crippen LogP contribution < -0.4 is 10.6 Å². The van der Waals surface area contributed by atoms with Gasteiger partial charge in [0, 0.05) is 6.04 Å². The monoisotopic (exact) mass is 240 g/mol. The fourth-order valence-electron chi connectivity index (χ4n) is 2.61. The lowest BCUT2D eigenvalue weighted by Gasteiger charge is -2.38. The summed E-state index contributed by atoms with van der Waals surface area (Å²) in [6, 6.07) is -0.103. The van der Waals surface area contributed by atoms with E-state index in [1.807, 2.05) is 0 Å². The highest BCUT2D eigenvalue weighted by molar-refractivity contribution is 5.87. The molecule has 0 aromatic heterocycles. The van der Waals surface area contributed by atoms with Gasteiger partial charge in [-0.2, -0.15) is 0 Å². The summed E-state index contributed by atoms with van der Waals surface area (Å²) in [4.78, 5) is 22.8. The summed E-state index contributed by atoms with van der Waals surface area (Å²) in [7, 11) is 0. The van der Waals surface area contributed by atoms with Crippen LogP contribution in [0, 0.1) is 0 Å². The van der Waals surface area contributed by atoms with E-state index in [0.717, 1.165) is 32.1 Å². The molecule has 0 radical (unpaired) electrons. The highest BCUT2D eigenvalue weighted by Gasteiger charge is 2.45. The van der Waals surface area contributed by atoms with Gasteiger partial charge in [-0.25, -0.2) is 9.59 Å². The summed E-state index contributed by atoms with van der Waals surface area (Å²) in [6.45, 7) is 0. The van der Waals surface area contributed by atoms with Gasteiger partial charge in [0.05, 0.1) is 0 Å². The normalized spacial score (nSPS) is 23.5. The van der Waals surface area contributed by atoms with Crippen LogP contribution in [-0.2, 0) is 4.79 Å². The summed E-state index contributed by atoms with van der Waals surface area (Å²) < 4.78 is 0. The van der Waals surface area contributed by atoms with E-state index in [2.05, 4.69) is 10.6 Å². The molecule has 2 saturated carbocycles. The minimum atomic E-state index is -1.00. The van der Waals surface area contributed by atoms with Gasteiger partial charge < -0.3 is 15.7 Å². The van der Waals surface area contributed by atoms with Crippen LogP contribution in [0.15, 0.2) is 0 Å². The third kappa shape index (κ3) is 2.70. The third-order valence-electron chi connectivity index (χ3n) is 3.91. The number of amides is 2.